The SMILES string of the molecule is CCOC(=O)c1cn(C(CC(C)C)c2ccccc2)c(-c2ccc(F)cc2)c1-c1ccccc1. The number of benzene rings is 3. The minimum Gasteiger partial charge on any atom is -0.462 e. The van der Waals surface area contributed by atoms with Gasteiger partial charge in [0.2, 0.25) is 0 Å². The standard InChI is InChI=1S/C30H30FNO2/c1-4-34-30(33)26-20-32(27(19-21(2)3)22-11-7-5-8-12-22)29(24-15-17-25(31)18-16-24)28(26)23-13-9-6-10-14-23/h5-18,20-21,27H,4,19H2,1-3H3. The molecule has 1 unspecified atom stereocenters. The van der Waals surface area contributed by atoms with E-state index < -0.39 is 0 Å². The van der Waals surface area contributed by atoms with Gasteiger partial charge in [0, 0.05) is 11.8 Å². The van der Waals surface area contributed by atoms with Gasteiger partial charge in [-0.2, -0.15) is 0 Å². The van der Waals surface area contributed by atoms with Crippen molar-refractivity contribution in [3.63, 3.8) is 0 Å². The first-order valence-corrected chi connectivity index (χ1v) is 11.8. The highest BCUT2D eigenvalue weighted by Gasteiger charge is 2.28. The monoisotopic (exact) mass is 455 g/mol. The lowest BCUT2D eigenvalue weighted by molar-refractivity contribution is 0.0527. The molecule has 4 heteroatoms. The Labute approximate surface area is 200 Å². The Morgan fingerprint density at radius 1 is 0.882 bits per heavy atom. The Hall–Kier alpha value is -3.66. The first kappa shape index (κ1) is 23.5. The van der Waals surface area contributed by atoms with E-state index in [1.165, 1.54) is 12.1 Å². The third-order valence-electron chi connectivity index (χ3n) is 5.92. The normalized spacial score (nSPS) is 12.0. The molecule has 34 heavy (non-hydrogen) atoms. The fraction of sp³-hybridized carbons (Fsp3) is 0.233. The number of carbonyl (C=O) groups excluding carboxylic acids is 1. The molecule has 0 N–H and O–H groups in total. The van der Waals surface area contributed by atoms with Crippen LogP contribution in [0.4, 0.5) is 4.39 Å². The maximum atomic E-state index is 13.9. The largest absolute Gasteiger partial charge is 0.462 e. The molecule has 0 aliphatic rings. The zero-order chi connectivity index (χ0) is 24.1. The molecule has 0 bridgehead atoms. The van der Waals surface area contributed by atoms with Gasteiger partial charge in [-0.05, 0) is 60.2 Å². The maximum Gasteiger partial charge on any atom is 0.340 e. The topological polar surface area (TPSA) is 31.2 Å². The summed E-state index contributed by atoms with van der Waals surface area (Å²) in [5.41, 5.74) is 5.11. The summed E-state index contributed by atoms with van der Waals surface area (Å²) in [4.78, 5) is 13.2. The van der Waals surface area contributed by atoms with Crippen molar-refractivity contribution in [1.82, 2.24) is 4.57 Å². The van der Waals surface area contributed by atoms with Crippen LogP contribution in [-0.4, -0.2) is 17.1 Å². The summed E-state index contributed by atoms with van der Waals surface area (Å²) in [7, 11) is 0. The molecule has 3 aromatic carbocycles. The number of hydrogen-bond donors (Lipinski definition) is 0. The minimum atomic E-state index is -0.361. The number of carbonyl (C=O) groups is 1. The zero-order valence-electron chi connectivity index (χ0n) is 19.9. The van der Waals surface area contributed by atoms with E-state index in [4.69, 9.17) is 4.74 Å². The predicted octanol–water partition coefficient (Wildman–Crippen LogP) is 7.77. The molecule has 0 saturated carbocycles. The molecule has 0 radical (unpaired) electrons. The lowest BCUT2D eigenvalue weighted by Gasteiger charge is -2.25. The van der Waals surface area contributed by atoms with Gasteiger partial charge < -0.3 is 9.30 Å². The number of hydrogen-bond acceptors (Lipinski definition) is 2. The number of esters is 1. The maximum absolute atomic E-state index is 13.9. The lowest BCUT2D eigenvalue weighted by Crippen LogP contribution is -2.14. The molecule has 0 amide bonds. The van der Waals surface area contributed by atoms with Gasteiger partial charge in [0.1, 0.15) is 5.82 Å². The van der Waals surface area contributed by atoms with Crippen molar-refractivity contribution in [2.24, 2.45) is 5.92 Å². The lowest BCUT2D eigenvalue weighted by atomic mass is 9.94. The molecule has 0 saturated heterocycles. The molecular formula is C30H30FNO2. The summed E-state index contributed by atoms with van der Waals surface area (Å²) in [5, 5.41) is 0. The molecule has 3 nitrogen and oxygen atoms in total. The van der Waals surface area contributed by atoms with E-state index in [1.54, 1.807) is 12.1 Å². The quantitative estimate of drug-likeness (QED) is 0.254. The van der Waals surface area contributed by atoms with E-state index in [1.807, 2.05) is 61.7 Å². The van der Waals surface area contributed by atoms with Gasteiger partial charge in [-0.25, -0.2) is 9.18 Å². The van der Waals surface area contributed by atoms with Crippen molar-refractivity contribution in [2.45, 2.75) is 33.2 Å². The Bertz CT molecular complexity index is 1230. The highest BCUT2D eigenvalue weighted by atomic mass is 19.1. The van der Waals surface area contributed by atoms with Gasteiger partial charge in [-0.3, -0.25) is 0 Å². The second-order valence-electron chi connectivity index (χ2n) is 8.82. The van der Waals surface area contributed by atoms with Crippen LogP contribution >= 0.6 is 0 Å². The number of aromatic nitrogens is 1. The third kappa shape index (κ3) is 4.96. The van der Waals surface area contributed by atoms with Crippen molar-refractivity contribution in [3.05, 3.63) is 108 Å². The van der Waals surface area contributed by atoms with Crippen LogP contribution in [0.1, 0.15) is 49.2 Å². The van der Waals surface area contributed by atoms with E-state index in [0.717, 1.165) is 34.4 Å². The van der Waals surface area contributed by atoms with E-state index >= 15 is 0 Å². The minimum absolute atomic E-state index is 0.00751. The van der Waals surface area contributed by atoms with Gasteiger partial charge in [-0.1, -0.05) is 74.5 Å². The highest BCUT2D eigenvalue weighted by molar-refractivity contribution is 6.02. The van der Waals surface area contributed by atoms with Crippen molar-refractivity contribution in [3.8, 4) is 22.4 Å². The van der Waals surface area contributed by atoms with E-state index in [0.29, 0.717) is 11.5 Å². The smallest absolute Gasteiger partial charge is 0.340 e. The molecule has 4 rings (SSSR count). The molecule has 0 aliphatic heterocycles. The van der Waals surface area contributed by atoms with Gasteiger partial charge >= 0.3 is 5.97 Å². The number of halogens is 1. The van der Waals surface area contributed by atoms with E-state index in [9.17, 15) is 9.18 Å². The van der Waals surface area contributed by atoms with Crippen molar-refractivity contribution in [2.75, 3.05) is 6.61 Å². The zero-order valence-corrected chi connectivity index (χ0v) is 19.9. The molecule has 1 aromatic heterocycles. The van der Waals surface area contributed by atoms with Gasteiger partial charge in [0.05, 0.1) is 23.9 Å². The summed E-state index contributed by atoms with van der Waals surface area (Å²) in [6.07, 6.45) is 2.79. The number of rotatable bonds is 8. The summed E-state index contributed by atoms with van der Waals surface area (Å²) in [6, 6.07) is 26.6. The van der Waals surface area contributed by atoms with Crippen LogP contribution in [0.5, 0.6) is 0 Å². The molecule has 1 atom stereocenters. The fourth-order valence-electron chi connectivity index (χ4n) is 4.46. The molecule has 0 spiro atoms. The molecular weight excluding hydrogens is 425 g/mol. The molecule has 174 valence electrons. The first-order valence-electron chi connectivity index (χ1n) is 11.8. The molecule has 1 heterocycles. The first-order chi connectivity index (χ1) is 16.5. The van der Waals surface area contributed by atoms with Crippen LogP contribution in [-0.2, 0) is 4.74 Å². The van der Waals surface area contributed by atoms with Crippen LogP contribution in [0.15, 0.2) is 91.1 Å². The van der Waals surface area contributed by atoms with E-state index in [-0.39, 0.29) is 24.4 Å². The summed E-state index contributed by atoms with van der Waals surface area (Å²) in [5.74, 6) is -0.241. The van der Waals surface area contributed by atoms with Crippen LogP contribution in [0.2, 0.25) is 0 Å². The summed E-state index contributed by atoms with van der Waals surface area (Å²) >= 11 is 0. The average Bonchev–Trinajstić information content (AvgIpc) is 3.24. The second kappa shape index (κ2) is 10.5. The summed E-state index contributed by atoms with van der Waals surface area (Å²) in [6.45, 7) is 6.49. The number of ether oxygens (including phenoxy) is 1. The van der Waals surface area contributed by atoms with Crippen LogP contribution in [0.3, 0.4) is 0 Å². The fourth-order valence-corrected chi connectivity index (χ4v) is 4.46. The van der Waals surface area contributed by atoms with Gasteiger partial charge in [0.15, 0.2) is 0 Å². The van der Waals surface area contributed by atoms with Crippen molar-refractivity contribution < 1.29 is 13.9 Å². The molecule has 0 fully saturated rings. The van der Waals surface area contributed by atoms with Crippen LogP contribution in [0, 0.1) is 11.7 Å². The Morgan fingerprint density at radius 3 is 2.09 bits per heavy atom. The molecule has 0 aliphatic carbocycles. The number of nitrogens with zero attached hydrogens (tertiary/aromatic N) is 1. The Morgan fingerprint density at radius 2 is 1.50 bits per heavy atom. The summed E-state index contributed by atoms with van der Waals surface area (Å²) < 4.78 is 21.5. The Balaban J connectivity index is 2.05. The van der Waals surface area contributed by atoms with Crippen molar-refractivity contribution >= 4 is 5.97 Å². The predicted molar refractivity (Wildman–Crippen MR) is 135 cm³/mol. The van der Waals surface area contributed by atoms with Crippen LogP contribution in [0.25, 0.3) is 22.4 Å². The van der Waals surface area contributed by atoms with Gasteiger partial charge in [-0.15, -0.1) is 0 Å². The second-order valence-corrected chi connectivity index (χ2v) is 8.82. The average molecular weight is 456 g/mol. The third-order valence-corrected chi connectivity index (χ3v) is 5.92. The van der Waals surface area contributed by atoms with Gasteiger partial charge in [0.25, 0.3) is 0 Å². The van der Waals surface area contributed by atoms with Crippen molar-refractivity contribution in [1.29, 1.82) is 0 Å². The van der Waals surface area contributed by atoms with E-state index in [2.05, 4.69) is 30.5 Å². The highest BCUT2D eigenvalue weighted by Crippen LogP contribution is 2.41. The van der Waals surface area contributed by atoms with Crippen LogP contribution < -0.4 is 0 Å². The molecule has 4 aromatic rings. The Kier molecular flexibility index (Phi) is 7.27.